The Morgan fingerprint density at radius 3 is 2.78 bits per heavy atom. The van der Waals surface area contributed by atoms with E-state index in [1.807, 2.05) is 0 Å². The first kappa shape index (κ1) is 18.6. The van der Waals surface area contributed by atoms with Gasteiger partial charge in [0.25, 0.3) is 5.56 Å². The molecular weight excluding hydrogens is 392 g/mol. The number of nitrogens with zero attached hydrogens (tertiary/aromatic N) is 3. The highest BCUT2D eigenvalue weighted by Crippen LogP contribution is 2.44. The average Bonchev–Trinajstić information content (AvgIpc) is 3.40. The van der Waals surface area contributed by atoms with Crippen LogP contribution in [-0.2, 0) is 6.42 Å². The highest BCUT2D eigenvalue weighted by molar-refractivity contribution is 6.34. The van der Waals surface area contributed by atoms with E-state index in [-0.39, 0.29) is 33.3 Å². The summed E-state index contributed by atoms with van der Waals surface area (Å²) in [5, 5.41) is 0.172. The number of fused-ring (bicyclic) bond motifs is 1. The molecule has 1 saturated carbocycles. The van der Waals surface area contributed by atoms with E-state index < -0.39 is 5.82 Å². The number of aromatic nitrogens is 2. The maximum atomic E-state index is 14.5. The number of benzene rings is 1. The van der Waals surface area contributed by atoms with Crippen LogP contribution in [-0.4, -0.2) is 23.2 Å². The highest BCUT2D eigenvalue weighted by Gasteiger charge is 2.35. The Kier molecular flexibility index (Phi) is 4.80. The number of rotatable bonds is 5. The fraction of sp³-hybridized carbons (Fsp3) is 0.474. The Morgan fingerprint density at radius 1 is 1.41 bits per heavy atom. The molecule has 27 heavy (non-hydrogen) atoms. The third-order valence-electron chi connectivity index (χ3n) is 5.40. The van der Waals surface area contributed by atoms with Gasteiger partial charge in [0.15, 0.2) is 11.6 Å². The van der Waals surface area contributed by atoms with Crippen LogP contribution in [0.1, 0.15) is 37.8 Å². The molecular formula is C19H20Cl2FN3O2. The molecule has 1 fully saturated rings. The Hall–Kier alpha value is -1.79. The van der Waals surface area contributed by atoms with Crippen molar-refractivity contribution < 1.29 is 9.13 Å². The average molecular weight is 412 g/mol. The highest BCUT2D eigenvalue weighted by atomic mass is 35.5. The number of halogens is 3. The summed E-state index contributed by atoms with van der Waals surface area (Å²) in [5.41, 5.74) is 1.06. The fourth-order valence-electron chi connectivity index (χ4n) is 3.96. The summed E-state index contributed by atoms with van der Waals surface area (Å²) in [4.78, 5) is 19.1. The third-order valence-corrected chi connectivity index (χ3v) is 5.93. The molecule has 0 N–H and O–H groups in total. The molecule has 0 unspecified atom stereocenters. The molecule has 144 valence electrons. The van der Waals surface area contributed by atoms with Crippen molar-refractivity contribution in [2.24, 2.45) is 5.92 Å². The van der Waals surface area contributed by atoms with E-state index in [2.05, 4.69) is 11.9 Å². The number of anilines is 2. The monoisotopic (exact) mass is 411 g/mol. The predicted molar refractivity (Wildman–Crippen MR) is 104 cm³/mol. The van der Waals surface area contributed by atoms with Gasteiger partial charge in [0.05, 0.1) is 12.8 Å². The molecule has 0 radical (unpaired) electrons. The maximum Gasteiger partial charge on any atom is 0.294 e. The van der Waals surface area contributed by atoms with Crippen LogP contribution < -0.4 is 15.2 Å². The van der Waals surface area contributed by atoms with Gasteiger partial charge in [-0.05, 0) is 43.2 Å². The first-order chi connectivity index (χ1) is 13.0. The number of ether oxygens (including phenoxy) is 1. The van der Waals surface area contributed by atoms with E-state index >= 15 is 0 Å². The summed E-state index contributed by atoms with van der Waals surface area (Å²) in [7, 11) is 1.40. The molecule has 2 aliphatic rings. The minimum Gasteiger partial charge on any atom is -0.494 e. The second-order valence-corrected chi connectivity index (χ2v) is 7.79. The molecule has 5 nitrogen and oxygen atoms in total. The van der Waals surface area contributed by atoms with Gasteiger partial charge in [-0.1, -0.05) is 30.1 Å². The largest absolute Gasteiger partial charge is 0.494 e. The van der Waals surface area contributed by atoms with Crippen molar-refractivity contribution >= 4 is 34.7 Å². The number of hydrogen-bond donors (Lipinski definition) is 0. The lowest BCUT2D eigenvalue weighted by atomic mass is 10.1. The lowest BCUT2D eigenvalue weighted by Crippen LogP contribution is -2.32. The van der Waals surface area contributed by atoms with E-state index in [4.69, 9.17) is 27.9 Å². The zero-order valence-corrected chi connectivity index (χ0v) is 16.6. The van der Waals surface area contributed by atoms with Crippen LogP contribution in [0.5, 0.6) is 5.75 Å². The molecule has 1 atom stereocenters. The standard InChI is InChI=1S/C19H20Cl2FN3O2/c1-3-12(10-4-5-10)25-9-14(20)23-18(19(25)26)24-7-6-11-8-13(27-2)16(22)15(21)17(11)24/h8-10,12H,3-7H2,1-2H3/t12-/m1/s1. The number of hydrogen-bond acceptors (Lipinski definition) is 4. The number of methoxy groups -OCH3 is 1. The van der Waals surface area contributed by atoms with E-state index in [1.54, 1.807) is 21.7 Å². The summed E-state index contributed by atoms with van der Waals surface area (Å²) < 4.78 is 21.2. The van der Waals surface area contributed by atoms with Crippen LogP contribution in [0.2, 0.25) is 10.2 Å². The van der Waals surface area contributed by atoms with Gasteiger partial charge in [-0.15, -0.1) is 0 Å². The van der Waals surface area contributed by atoms with Gasteiger partial charge in [-0.3, -0.25) is 4.79 Å². The van der Waals surface area contributed by atoms with Crippen LogP contribution >= 0.6 is 23.2 Å². The Labute approximate surface area is 166 Å². The van der Waals surface area contributed by atoms with Gasteiger partial charge in [0, 0.05) is 18.8 Å². The minimum atomic E-state index is -0.642. The summed E-state index contributed by atoms with van der Waals surface area (Å²) >= 11 is 12.5. The molecule has 4 rings (SSSR count). The summed E-state index contributed by atoms with van der Waals surface area (Å²) in [6, 6.07) is 1.72. The van der Waals surface area contributed by atoms with Crippen LogP contribution in [0.3, 0.4) is 0 Å². The molecule has 1 aliphatic heterocycles. The van der Waals surface area contributed by atoms with Crippen LogP contribution in [0, 0.1) is 11.7 Å². The predicted octanol–water partition coefficient (Wildman–Crippen LogP) is 4.75. The molecule has 2 heterocycles. The molecule has 0 bridgehead atoms. The Balaban J connectivity index is 1.84. The molecule has 1 aromatic carbocycles. The summed E-state index contributed by atoms with van der Waals surface area (Å²) in [6.07, 6.45) is 5.28. The van der Waals surface area contributed by atoms with Crippen molar-refractivity contribution in [1.82, 2.24) is 9.55 Å². The molecule has 0 amide bonds. The topological polar surface area (TPSA) is 47.4 Å². The van der Waals surface area contributed by atoms with Gasteiger partial charge in [0.2, 0.25) is 5.82 Å². The van der Waals surface area contributed by atoms with E-state index in [9.17, 15) is 9.18 Å². The first-order valence-corrected chi connectivity index (χ1v) is 9.82. The first-order valence-electron chi connectivity index (χ1n) is 9.07. The van der Waals surface area contributed by atoms with Crippen LogP contribution in [0.15, 0.2) is 17.1 Å². The van der Waals surface area contributed by atoms with E-state index in [1.165, 1.54) is 7.11 Å². The fourth-order valence-corrected chi connectivity index (χ4v) is 4.46. The van der Waals surface area contributed by atoms with Crippen LogP contribution in [0.25, 0.3) is 0 Å². The van der Waals surface area contributed by atoms with Gasteiger partial charge in [-0.2, -0.15) is 0 Å². The lowest BCUT2D eigenvalue weighted by molar-refractivity contribution is 0.386. The van der Waals surface area contributed by atoms with Crippen molar-refractivity contribution in [1.29, 1.82) is 0 Å². The van der Waals surface area contributed by atoms with Gasteiger partial charge in [-0.25, -0.2) is 9.37 Å². The minimum absolute atomic E-state index is 0.0659. The molecule has 8 heteroatoms. The van der Waals surface area contributed by atoms with Gasteiger partial charge >= 0.3 is 0 Å². The second kappa shape index (κ2) is 6.99. The zero-order chi connectivity index (χ0) is 19.3. The van der Waals surface area contributed by atoms with Crippen molar-refractivity contribution in [2.75, 3.05) is 18.6 Å². The van der Waals surface area contributed by atoms with E-state index in [0.717, 1.165) is 24.8 Å². The van der Waals surface area contributed by atoms with Crippen molar-refractivity contribution in [3.05, 3.63) is 44.2 Å². The van der Waals surface area contributed by atoms with E-state index in [0.29, 0.717) is 24.6 Å². The van der Waals surface area contributed by atoms with Crippen molar-refractivity contribution in [3.63, 3.8) is 0 Å². The summed E-state index contributed by atoms with van der Waals surface area (Å²) in [5.74, 6) is 0.135. The Bertz CT molecular complexity index is 959. The molecule has 1 aromatic heterocycles. The van der Waals surface area contributed by atoms with Crippen molar-refractivity contribution in [3.8, 4) is 5.75 Å². The quantitative estimate of drug-likeness (QED) is 0.711. The normalized spacial score (nSPS) is 17.1. The zero-order valence-electron chi connectivity index (χ0n) is 15.1. The van der Waals surface area contributed by atoms with Crippen LogP contribution in [0.4, 0.5) is 15.9 Å². The van der Waals surface area contributed by atoms with Gasteiger partial charge < -0.3 is 14.2 Å². The van der Waals surface area contributed by atoms with Gasteiger partial charge in [0.1, 0.15) is 10.2 Å². The summed E-state index contributed by atoms with van der Waals surface area (Å²) in [6.45, 7) is 2.54. The Morgan fingerprint density at radius 2 is 2.15 bits per heavy atom. The molecule has 2 aromatic rings. The molecule has 0 spiro atoms. The van der Waals surface area contributed by atoms with Crippen molar-refractivity contribution in [2.45, 2.75) is 38.6 Å². The second-order valence-electron chi connectivity index (χ2n) is 7.03. The molecule has 0 saturated heterocycles. The maximum absolute atomic E-state index is 14.5. The molecule has 1 aliphatic carbocycles. The lowest BCUT2D eigenvalue weighted by Gasteiger charge is -2.23. The smallest absolute Gasteiger partial charge is 0.294 e. The SMILES string of the molecule is CC[C@H](C1CC1)n1cc(Cl)nc(N2CCc3cc(OC)c(F)c(Cl)c32)c1=O. The third kappa shape index (κ3) is 3.09.